The Balaban J connectivity index is 2.20. The van der Waals surface area contributed by atoms with Crippen molar-refractivity contribution in [1.29, 1.82) is 0 Å². The van der Waals surface area contributed by atoms with Crippen LogP contribution < -0.4 is 5.32 Å². The first-order valence-electron chi connectivity index (χ1n) is 9.15. The van der Waals surface area contributed by atoms with Gasteiger partial charge in [0.25, 0.3) is 5.79 Å². The first-order chi connectivity index (χ1) is 13.3. The number of carbonyl (C=O) groups is 3. The molecular formula is C20H25BrClNO6. The largest absolute Gasteiger partial charge is 0.444 e. The molecule has 2 rings (SSSR count). The Hall–Kier alpha value is -1.80. The molecule has 0 saturated carbocycles. The minimum Gasteiger partial charge on any atom is -0.444 e. The Morgan fingerprint density at radius 2 is 1.86 bits per heavy atom. The van der Waals surface area contributed by atoms with Crippen molar-refractivity contribution in [2.24, 2.45) is 5.92 Å². The third kappa shape index (κ3) is 7.19. The lowest BCUT2D eigenvalue weighted by Gasteiger charge is -2.34. The molecule has 160 valence electrons. The third-order valence-corrected chi connectivity index (χ3v) is 4.83. The molecule has 1 heterocycles. The van der Waals surface area contributed by atoms with Gasteiger partial charge in [-0.3, -0.25) is 9.59 Å². The molecule has 1 saturated heterocycles. The maximum atomic E-state index is 12.3. The summed E-state index contributed by atoms with van der Waals surface area (Å²) in [5.74, 6) is -3.85. The summed E-state index contributed by atoms with van der Waals surface area (Å²) < 4.78 is 16.5. The van der Waals surface area contributed by atoms with E-state index in [-0.39, 0.29) is 12.8 Å². The lowest BCUT2D eigenvalue weighted by Crippen LogP contribution is -2.49. The van der Waals surface area contributed by atoms with Crippen molar-refractivity contribution in [3.05, 3.63) is 33.3 Å². The smallest absolute Gasteiger partial charge is 0.407 e. The molecule has 1 aromatic rings. The molecule has 0 aromatic heterocycles. The first kappa shape index (κ1) is 23.5. The van der Waals surface area contributed by atoms with E-state index in [0.29, 0.717) is 5.02 Å². The molecule has 1 aliphatic heterocycles. The third-order valence-electron chi connectivity index (χ3n) is 3.98. The van der Waals surface area contributed by atoms with Crippen LogP contribution in [0.2, 0.25) is 5.02 Å². The Morgan fingerprint density at radius 3 is 2.38 bits per heavy atom. The summed E-state index contributed by atoms with van der Waals surface area (Å²) in [6.07, 6.45) is -0.390. The lowest BCUT2D eigenvalue weighted by atomic mass is 9.94. The van der Waals surface area contributed by atoms with E-state index in [1.165, 1.54) is 13.8 Å². The quantitative estimate of drug-likeness (QED) is 0.486. The normalized spacial score (nSPS) is 17.9. The molecule has 29 heavy (non-hydrogen) atoms. The number of hydrogen-bond donors (Lipinski definition) is 1. The summed E-state index contributed by atoms with van der Waals surface area (Å²) in [5.41, 5.74) is 0.0465. The minimum atomic E-state index is -1.31. The summed E-state index contributed by atoms with van der Waals surface area (Å²) in [6, 6.07) is 4.73. The first-order valence-corrected chi connectivity index (χ1v) is 10.3. The SMILES string of the molecule is CC(C)(C)OC(=O)N[C@H](Cc1ccc(Br)cc1Cl)CC1C(=O)OC(C)(C)OC1=O. The van der Waals surface area contributed by atoms with Gasteiger partial charge in [-0.1, -0.05) is 33.6 Å². The van der Waals surface area contributed by atoms with Crippen molar-refractivity contribution in [2.75, 3.05) is 0 Å². The lowest BCUT2D eigenvalue weighted by molar-refractivity contribution is -0.240. The predicted molar refractivity (Wildman–Crippen MR) is 110 cm³/mol. The van der Waals surface area contributed by atoms with E-state index < -0.39 is 41.4 Å². The van der Waals surface area contributed by atoms with Crippen LogP contribution in [-0.2, 0) is 30.2 Å². The van der Waals surface area contributed by atoms with E-state index in [1.807, 2.05) is 6.07 Å². The molecule has 0 bridgehead atoms. The van der Waals surface area contributed by atoms with Gasteiger partial charge in [-0.15, -0.1) is 0 Å². The molecule has 7 nitrogen and oxygen atoms in total. The van der Waals surface area contributed by atoms with Gasteiger partial charge in [-0.25, -0.2) is 4.79 Å². The van der Waals surface area contributed by atoms with Crippen molar-refractivity contribution in [2.45, 2.75) is 64.9 Å². The number of alkyl carbamates (subject to hydrolysis) is 1. The highest BCUT2D eigenvalue weighted by atomic mass is 79.9. The number of nitrogens with one attached hydrogen (secondary N) is 1. The second kappa shape index (κ2) is 8.92. The fraction of sp³-hybridized carbons (Fsp3) is 0.550. The van der Waals surface area contributed by atoms with Gasteiger partial charge < -0.3 is 19.5 Å². The monoisotopic (exact) mass is 489 g/mol. The molecule has 1 atom stereocenters. The molecule has 1 aromatic carbocycles. The zero-order valence-corrected chi connectivity index (χ0v) is 19.3. The fourth-order valence-electron chi connectivity index (χ4n) is 2.84. The molecule has 0 spiro atoms. The second-order valence-electron chi connectivity index (χ2n) is 8.31. The van der Waals surface area contributed by atoms with Crippen LogP contribution in [-0.4, -0.2) is 35.5 Å². The van der Waals surface area contributed by atoms with Gasteiger partial charge in [0.15, 0.2) is 5.92 Å². The van der Waals surface area contributed by atoms with E-state index in [4.69, 9.17) is 25.8 Å². The highest BCUT2D eigenvalue weighted by molar-refractivity contribution is 9.10. The zero-order chi connectivity index (χ0) is 22.0. The van der Waals surface area contributed by atoms with Gasteiger partial charge in [0, 0.05) is 29.4 Å². The van der Waals surface area contributed by atoms with Gasteiger partial charge in [-0.05, 0) is 51.3 Å². The maximum absolute atomic E-state index is 12.3. The second-order valence-corrected chi connectivity index (χ2v) is 9.64. The van der Waals surface area contributed by atoms with E-state index in [9.17, 15) is 14.4 Å². The highest BCUT2D eigenvalue weighted by Gasteiger charge is 2.44. The Morgan fingerprint density at radius 1 is 1.28 bits per heavy atom. The molecule has 0 unspecified atom stereocenters. The van der Waals surface area contributed by atoms with Gasteiger partial charge in [-0.2, -0.15) is 0 Å². The molecular weight excluding hydrogens is 466 g/mol. The molecule has 9 heteroatoms. The number of ether oxygens (including phenoxy) is 3. The topological polar surface area (TPSA) is 90.9 Å². The van der Waals surface area contributed by atoms with Crippen LogP contribution in [0.4, 0.5) is 4.79 Å². The van der Waals surface area contributed by atoms with Gasteiger partial charge >= 0.3 is 18.0 Å². The van der Waals surface area contributed by atoms with Crippen molar-refractivity contribution in [3.63, 3.8) is 0 Å². The Labute approximate surface area is 183 Å². The fourth-order valence-corrected chi connectivity index (χ4v) is 3.59. The van der Waals surface area contributed by atoms with Crippen molar-refractivity contribution in [3.8, 4) is 0 Å². The number of amides is 1. The standard InChI is InChI=1S/C20H25BrClNO6/c1-19(2,3)29-18(26)23-13(8-11-6-7-12(21)9-15(11)22)10-14-16(24)27-20(4,5)28-17(14)25/h6-7,9,13-14H,8,10H2,1-5H3,(H,23,26)/t13-/m1/s1. The van der Waals surface area contributed by atoms with E-state index in [0.717, 1.165) is 10.0 Å². The van der Waals surface area contributed by atoms with E-state index in [1.54, 1.807) is 32.9 Å². The highest BCUT2D eigenvalue weighted by Crippen LogP contribution is 2.28. The number of rotatable bonds is 5. The van der Waals surface area contributed by atoms with Crippen LogP contribution in [0.1, 0.15) is 46.6 Å². The Bertz CT molecular complexity index is 785. The summed E-state index contributed by atoms with van der Waals surface area (Å²) in [4.78, 5) is 37.0. The Kier molecular flexibility index (Phi) is 7.22. The van der Waals surface area contributed by atoms with Crippen molar-refractivity contribution >= 4 is 45.6 Å². The van der Waals surface area contributed by atoms with Crippen LogP contribution in [0.5, 0.6) is 0 Å². The van der Waals surface area contributed by atoms with Gasteiger partial charge in [0.1, 0.15) is 5.60 Å². The summed E-state index contributed by atoms with van der Waals surface area (Å²) in [6.45, 7) is 8.19. The van der Waals surface area contributed by atoms with Crippen LogP contribution in [0.15, 0.2) is 22.7 Å². The number of cyclic esters (lactones) is 2. The average Bonchev–Trinajstić information content (AvgIpc) is 2.50. The summed E-state index contributed by atoms with van der Waals surface area (Å²) >= 11 is 9.64. The van der Waals surface area contributed by atoms with Crippen molar-refractivity contribution < 1.29 is 28.6 Å². The molecule has 1 N–H and O–H groups in total. The van der Waals surface area contributed by atoms with Gasteiger partial charge in [0.2, 0.25) is 0 Å². The number of hydrogen-bond acceptors (Lipinski definition) is 6. The van der Waals surface area contributed by atoms with Crippen LogP contribution in [0.3, 0.4) is 0 Å². The van der Waals surface area contributed by atoms with Crippen molar-refractivity contribution in [1.82, 2.24) is 5.32 Å². The maximum Gasteiger partial charge on any atom is 0.407 e. The predicted octanol–water partition coefficient (Wildman–Crippen LogP) is 4.38. The number of benzene rings is 1. The summed E-state index contributed by atoms with van der Waals surface area (Å²) in [7, 11) is 0. The van der Waals surface area contributed by atoms with Crippen LogP contribution >= 0.6 is 27.5 Å². The van der Waals surface area contributed by atoms with E-state index in [2.05, 4.69) is 21.2 Å². The average molecular weight is 491 g/mol. The molecule has 0 aliphatic carbocycles. The van der Waals surface area contributed by atoms with Crippen LogP contribution in [0, 0.1) is 5.92 Å². The number of carbonyl (C=O) groups excluding carboxylic acids is 3. The van der Waals surface area contributed by atoms with Crippen LogP contribution in [0.25, 0.3) is 0 Å². The molecule has 1 amide bonds. The minimum absolute atomic E-state index is 0.0145. The number of halogens is 2. The molecule has 1 fully saturated rings. The number of esters is 2. The zero-order valence-electron chi connectivity index (χ0n) is 17.0. The summed E-state index contributed by atoms with van der Waals surface area (Å²) in [5, 5.41) is 3.22. The molecule has 0 radical (unpaired) electrons. The van der Waals surface area contributed by atoms with E-state index >= 15 is 0 Å². The van der Waals surface area contributed by atoms with Gasteiger partial charge in [0.05, 0.1) is 0 Å². The molecule has 1 aliphatic rings.